The Bertz CT molecular complexity index is 2820. The van der Waals surface area contributed by atoms with Crippen LogP contribution in [0.2, 0.25) is 0 Å². The molecule has 0 spiro atoms. The Labute approximate surface area is 481 Å². The van der Waals surface area contributed by atoms with E-state index in [2.05, 4.69) is 41.9 Å². The number of hydrogen-bond donors (Lipinski definition) is 4. The number of nitrogens with one attached hydrogen (secondary N) is 2. The van der Waals surface area contributed by atoms with Gasteiger partial charge in [-0.1, -0.05) is 144 Å². The Hall–Kier alpha value is -6.95. The van der Waals surface area contributed by atoms with Crippen LogP contribution >= 0.6 is 0 Å². The molecular formula is C65H82N2O15. The Kier molecular flexibility index (Phi) is 21.3. The van der Waals surface area contributed by atoms with E-state index in [9.17, 15) is 34.2 Å². The number of carbonyl (C=O) groups is 7. The van der Waals surface area contributed by atoms with Crippen LogP contribution in [0.4, 0.5) is 4.79 Å². The molecule has 1 aliphatic heterocycles. The third-order valence-electron chi connectivity index (χ3n) is 17.1. The zero-order valence-electron chi connectivity index (χ0n) is 48.4. The van der Waals surface area contributed by atoms with Gasteiger partial charge in [-0.15, -0.1) is 0 Å². The Morgan fingerprint density at radius 3 is 1.95 bits per heavy atom. The van der Waals surface area contributed by atoms with Gasteiger partial charge in [-0.25, -0.2) is 14.4 Å². The van der Waals surface area contributed by atoms with E-state index < -0.39 is 119 Å². The Balaban J connectivity index is 1.23. The quantitative estimate of drug-likeness (QED) is 0.0267. The van der Waals surface area contributed by atoms with E-state index in [1.807, 2.05) is 0 Å². The van der Waals surface area contributed by atoms with Gasteiger partial charge in [0.05, 0.1) is 29.6 Å². The van der Waals surface area contributed by atoms with Crippen molar-refractivity contribution in [1.29, 1.82) is 0 Å². The first-order chi connectivity index (χ1) is 39.2. The van der Waals surface area contributed by atoms with E-state index >= 15 is 9.59 Å². The molecule has 82 heavy (non-hydrogen) atoms. The van der Waals surface area contributed by atoms with Crippen LogP contribution in [0.3, 0.4) is 0 Å². The predicted molar refractivity (Wildman–Crippen MR) is 305 cm³/mol. The molecule has 4 aliphatic rings. The number of rotatable bonds is 25. The van der Waals surface area contributed by atoms with Crippen LogP contribution < -0.4 is 10.6 Å². The fraction of sp³-hybridized carbons (Fsp3) is 0.523. The van der Waals surface area contributed by atoms with Gasteiger partial charge in [0.1, 0.15) is 30.0 Å². The monoisotopic (exact) mass is 1130 g/mol. The molecule has 2 bridgehead atoms. The van der Waals surface area contributed by atoms with Crippen molar-refractivity contribution < 1.29 is 72.2 Å². The van der Waals surface area contributed by atoms with Crippen molar-refractivity contribution in [1.82, 2.24) is 10.6 Å². The van der Waals surface area contributed by atoms with E-state index in [1.54, 1.807) is 92.7 Å². The second kappa shape index (κ2) is 27.9. The number of allylic oxidation sites excluding steroid dienone is 4. The Morgan fingerprint density at radius 2 is 1.35 bits per heavy atom. The van der Waals surface area contributed by atoms with Crippen molar-refractivity contribution in [2.24, 2.45) is 16.7 Å². The number of aliphatic hydroxyl groups excluding tert-OH is 1. The topological polar surface area (TPSA) is 239 Å². The lowest BCUT2D eigenvalue weighted by Gasteiger charge is -2.67. The summed E-state index contributed by atoms with van der Waals surface area (Å²) in [5.74, 6) is -6.92. The van der Waals surface area contributed by atoms with E-state index in [1.165, 1.54) is 45.2 Å². The number of aliphatic hydroxyl groups is 2. The van der Waals surface area contributed by atoms with Gasteiger partial charge in [-0.2, -0.15) is 0 Å². The first kappa shape index (κ1) is 62.6. The third-order valence-corrected chi connectivity index (χ3v) is 17.1. The molecule has 3 fully saturated rings. The largest absolute Gasteiger partial charge is 0.455 e. The zero-order valence-corrected chi connectivity index (χ0v) is 48.4. The van der Waals surface area contributed by atoms with Crippen LogP contribution in [0.1, 0.15) is 164 Å². The molecule has 4 N–H and O–H groups in total. The molecule has 0 aromatic heterocycles. The van der Waals surface area contributed by atoms with Crippen molar-refractivity contribution in [2.75, 3.05) is 13.2 Å². The van der Waals surface area contributed by atoms with E-state index in [0.29, 0.717) is 12.0 Å². The third kappa shape index (κ3) is 13.8. The molecule has 2 saturated carbocycles. The number of hydrogen-bond acceptors (Lipinski definition) is 15. The Morgan fingerprint density at radius 1 is 0.756 bits per heavy atom. The van der Waals surface area contributed by atoms with Gasteiger partial charge >= 0.3 is 30.0 Å². The number of Topliss-reactive ketones (excluding diaryl/α,β-unsaturated/α-hetero) is 1. The molecule has 1 heterocycles. The van der Waals surface area contributed by atoms with Crippen LogP contribution in [0.15, 0.2) is 126 Å². The summed E-state index contributed by atoms with van der Waals surface area (Å²) >= 11 is 0. The molecule has 1 saturated heterocycles. The lowest BCUT2D eigenvalue weighted by atomic mass is 9.44. The van der Waals surface area contributed by atoms with Gasteiger partial charge in [0.25, 0.3) is 5.91 Å². The van der Waals surface area contributed by atoms with Gasteiger partial charge in [-0.05, 0) is 93.3 Å². The highest BCUT2D eigenvalue weighted by molar-refractivity contribution is 5.96. The number of unbranched alkanes of at least 4 members (excludes halogenated alkanes) is 8. The summed E-state index contributed by atoms with van der Waals surface area (Å²) in [5.41, 5.74) is -7.31. The van der Waals surface area contributed by atoms with Crippen LogP contribution in [0, 0.1) is 16.7 Å². The lowest BCUT2D eigenvalue weighted by molar-refractivity contribution is -0.346. The highest BCUT2D eigenvalue weighted by Gasteiger charge is 2.78. The van der Waals surface area contributed by atoms with Gasteiger partial charge in [0, 0.05) is 44.2 Å². The van der Waals surface area contributed by atoms with Crippen LogP contribution in [0.5, 0.6) is 0 Å². The van der Waals surface area contributed by atoms with Crippen molar-refractivity contribution in [2.45, 2.75) is 186 Å². The average Bonchev–Trinajstić information content (AvgIpc) is 0.824. The minimum Gasteiger partial charge on any atom is -0.455 e. The normalized spacial score (nSPS) is 27.1. The standard InChI is InChI=1S/C65H82N2O15/c1-8-9-10-11-12-13-14-15-16-17-18-19-20-21-31-38-66-61(75)80-54(52(45-32-25-22-26-33-45)67-58(72)46-34-27-23-28-35-46)60(74)79-48-40-65(76)57(81-59(73)47-36-29-24-30-37-47)55-63(7,49(70)39-50-64(55,41-77-50)82-44(4)69)56(71)53(78-43(3)68)51(42(48)2)62(65,5)6/h12-13,15-16,22-30,32-37,48-50,52-55,57,70,76H,8-11,14,17-21,31,38-41H2,1-7H3,(H,66,75)(H,67,72)/t48-,49-,50+,52-,53+,54+,55-,57-,63+,64-,65+/m0/s1. The summed E-state index contributed by atoms with van der Waals surface area (Å²) in [5, 5.41) is 32.0. The molecule has 442 valence electrons. The van der Waals surface area contributed by atoms with Gasteiger partial charge in [0.2, 0.25) is 6.10 Å². The molecule has 2 amide bonds. The van der Waals surface area contributed by atoms with Crippen molar-refractivity contribution in [3.8, 4) is 0 Å². The number of fused-ring (bicyclic) bond motifs is 5. The average molecular weight is 1130 g/mol. The van der Waals surface area contributed by atoms with Crippen molar-refractivity contribution in [3.05, 3.63) is 143 Å². The highest BCUT2D eigenvalue weighted by Crippen LogP contribution is 2.64. The second-order valence-corrected chi connectivity index (χ2v) is 22.9. The first-order valence-electron chi connectivity index (χ1n) is 29.0. The molecule has 3 aliphatic carbocycles. The maximum Gasteiger partial charge on any atom is 0.408 e. The number of esters is 4. The smallest absolute Gasteiger partial charge is 0.408 e. The van der Waals surface area contributed by atoms with Crippen LogP contribution in [-0.4, -0.2) is 113 Å². The summed E-state index contributed by atoms with van der Waals surface area (Å²) in [4.78, 5) is 100. The molecular weight excluding hydrogens is 1050 g/mol. The summed E-state index contributed by atoms with van der Waals surface area (Å²) < 4.78 is 37.1. The number of ketones is 1. The van der Waals surface area contributed by atoms with Crippen molar-refractivity contribution in [3.63, 3.8) is 0 Å². The molecule has 17 heteroatoms. The SMILES string of the molecule is CCCCCC=CCC=CCCCCCCCNC(=O)O[C@@H](C(=O)O[C@H]1C[C@@]2(O)[C@@H](OC(=O)c3ccccc3)[C@@H]3[C@]4(OC(C)=O)CO[C@@H]4C[C@H](O)[C@@]3(C)C(=O)[C@H](OC(C)=O)C(=C1C)C2(C)C)[C@@H](NC(=O)c1ccccc1)c1ccccc1. The molecule has 3 aromatic carbocycles. The van der Waals surface area contributed by atoms with E-state index in [4.69, 9.17) is 28.4 Å². The fourth-order valence-electron chi connectivity index (χ4n) is 12.6. The summed E-state index contributed by atoms with van der Waals surface area (Å²) in [6, 6.07) is 23.1. The van der Waals surface area contributed by atoms with Crippen LogP contribution in [-0.2, 0) is 47.6 Å². The maximum atomic E-state index is 15.8. The number of ether oxygens (including phenoxy) is 6. The summed E-state index contributed by atoms with van der Waals surface area (Å²) in [6.07, 6.45) is 8.31. The van der Waals surface area contributed by atoms with Crippen LogP contribution in [0.25, 0.3) is 0 Å². The lowest BCUT2D eigenvalue weighted by Crippen LogP contribution is -2.82. The molecule has 17 nitrogen and oxygen atoms in total. The molecule has 0 unspecified atom stereocenters. The number of amides is 2. The molecule has 7 rings (SSSR count). The van der Waals surface area contributed by atoms with Gasteiger partial charge < -0.3 is 49.3 Å². The van der Waals surface area contributed by atoms with Crippen molar-refractivity contribution >= 4 is 41.7 Å². The molecule has 11 atom stereocenters. The first-order valence-corrected chi connectivity index (χ1v) is 29.0. The number of carbonyl (C=O) groups excluding carboxylic acids is 7. The summed E-state index contributed by atoms with van der Waals surface area (Å²) in [7, 11) is 0. The highest BCUT2D eigenvalue weighted by atomic mass is 16.6. The summed E-state index contributed by atoms with van der Waals surface area (Å²) in [6.45, 7) is 10.4. The minimum atomic E-state index is -2.46. The van der Waals surface area contributed by atoms with E-state index in [0.717, 1.165) is 58.8 Å². The molecule has 0 radical (unpaired) electrons. The predicted octanol–water partition coefficient (Wildman–Crippen LogP) is 9.89. The maximum absolute atomic E-state index is 15.8. The number of alkyl carbamates (subject to hydrolysis) is 1. The van der Waals surface area contributed by atoms with Gasteiger partial charge in [-0.3, -0.25) is 19.2 Å². The fourth-order valence-corrected chi connectivity index (χ4v) is 12.6. The number of benzene rings is 3. The molecule has 3 aromatic rings. The van der Waals surface area contributed by atoms with E-state index in [-0.39, 0.29) is 41.8 Å². The second-order valence-electron chi connectivity index (χ2n) is 22.9. The van der Waals surface area contributed by atoms with Gasteiger partial charge in [0.15, 0.2) is 17.5 Å². The zero-order chi connectivity index (χ0) is 59.2. The minimum absolute atomic E-state index is 0.0232.